The summed E-state index contributed by atoms with van der Waals surface area (Å²) in [6.45, 7) is 4.72. The lowest BCUT2D eigenvalue weighted by Gasteiger charge is -2.47. The average Bonchev–Trinajstić information content (AvgIpc) is 2.58. The van der Waals surface area contributed by atoms with E-state index in [9.17, 15) is 10.2 Å². The first kappa shape index (κ1) is 14.0. The quantitative estimate of drug-likeness (QED) is 0.803. The predicted molar refractivity (Wildman–Crippen MR) is 80.7 cm³/mol. The van der Waals surface area contributed by atoms with Gasteiger partial charge in [-0.15, -0.1) is 0 Å². The Morgan fingerprint density at radius 2 is 2.15 bits per heavy atom. The van der Waals surface area contributed by atoms with Gasteiger partial charge in [-0.2, -0.15) is 0 Å². The van der Waals surface area contributed by atoms with Gasteiger partial charge in [-0.25, -0.2) is 0 Å². The zero-order valence-corrected chi connectivity index (χ0v) is 12.5. The van der Waals surface area contributed by atoms with E-state index in [4.69, 9.17) is 0 Å². The molecule has 20 heavy (non-hydrogen) atoms. The van der Waals surface area contributed by atoms with Gasteiger partial charge in [0.05, 0.1) is 0 Å². The van der Waals surface area contributed by atoms with E-state index in [1.165, 1.54) is 38.8 Å². The molecule has 0 aromatic heterocycles. The SMILES string of the molecule is CCCN1CCC[C@@H]2CC3=C(O)C(O)=CCCC3C[C@H]21. The molecule has 2 fully saturated rings. The molecule has 1 saturated heterocycles. The van der Waals surface area contributed by atoms with Crippen LogP contribution in [-0.2, 0) is 0 Å². The molecule has 1 heterocycles. The topological polar surface area (TPSA) is 43.7 Å². The summed E-state index contributed by atoms with van der Waals surface area (Å²) in [5.41, 5.74) is 1.14. The van der Waals surface area contributed by atoms with Crippen molar-refractivity contribution in [2.75, 3.05) is 13.1 Å². The second-order valence-corrected chi connectivity index (χ2v) is 6.68. The molecule has 0 radical (unpaired) electrons. The maximum Gasteiger partial charge on any atom is 0.156 e. The van der Waals surface area contributed by atoms with E-state index in [2.05, 4.69) is 11.8 Å². The van der Waals surface area contributed by atoms with Gasteiger partial charge in [-0.1, -0.05) is 6.92 Å². The summed E-state index contributed by atoms with van der Waals surface area (Å²) in [6, 6.07) is 0.700. The van der Waals surface area contributed by atoms with Crippen molar-refractivity contribution in [2.24, 2.45) is 11.8 Å². The summed E-state index contributed by atoms with van der Waals surface area (Å²) in [5, 5.41) is 20.1. The standard InChI is InChI=1S/C17H27NO2/c1-2-8-18-9-4-6-13-10-14-12(11-15(13)18)5-3-7-16(19)17(14)20/h7,12-13,15,19-20H,2-6,8-11H2,1H3/t12?,13-,15-/m1/s1. The molecule has 3 aliphatic rings. The normalized spacial score (nSPS) is 35.0. The molecule has 112 valence electrons. The van der Waals surface area contributed by atoms with Gasteiger partial charge in [0.25, 0.3) is 0 Å². The summed E-state index contributed by atoms with van der Waals surface area (Å²) >= 11 is 0. The minimum Gasteiger partial charge on any atom is -0.504 e. The number of hydrogen-bond donors (Lipinski definition) is 2. The summed E-state index contributed by atoms with van der Waals surface area (Å²) in [7, 11) is 0. The van der Waals surface area contributed by atoms with E-state index in [0.717, 1.165) is 24.8 Å². The zero-order chi connectivity index (χ0) is 14.1. The molecule has 0 amide bonds. The molecular weight excluding hydrogens is 250 g/mol. The van der Waals surface area contributed by atoms with Crippen molar-refractivity contribution in [3.8, 4) is 0 Å². The number of piperidine rings is 1. The summed E-state index contributed by atoms with van der Waals surface area (Å²) in [4.78, 5) is 2.68. The fraction of sp³-hybridized carbons (Fsp3) is 0.765. The molecule has 2 N–H and O–H groups in total. The second-order valence-electron chi connectivity index (χ2n) is 6.68. The highest BCUT2D eigenvalue weighted by Gasteiger charge is 2.40. The first-order valence-corrected chi connectivity index (χ1v) is 8.26. The summed E-state index contributed by atoms with van der Waals surface area (Å²) < 4.78 is 0. The molecular formula is C17H27NO2. The Bertz CT molecular complexity index is 425. The van der Waals surface area contributed by atoms with Crippen LogP contribution in [0.25, 0.3) is 0 Å². The molecule has 2 aliphatic carbocycles. The molecule has 0 bridgehead atoms. The van der Waals surface area contributed by atoms with Gasteiger partial charge in [0.1, 0.15) is 0 Å². The van der Waals surface area contributed by atoms with Gasteiger partial charge in [-0.3, -0.25) is 0 Å². The van der Waals surface area contributed by atoms with Crippen molar-refractivity contribution in [2.45, 2.75) is 57.9 Å². The molecule has 3 heteroatoms. The van der Waals surface area contributed by atoms with Crippen LogP contribution >= 0.6 is 0 Å². The minimum atomic E-state index is 0.113. The Hall–Kier alpha value is -0.960. The minimum absolute atomic E-state index is 0.113. The summed E-state index contributed by atoms with van der Waals surface area (Å²) in [6.07, 6.45) is 9.69. The van der Waals surface area contributed by atoms with E-state index < -0.39 is 0 Å². The van der Waals surface area contributed by atoms with Crippen LogP contribution < -0.4 is 0 Å². The smallest absolute Gasteiger partial charge is 0.156 e. The molecule has 1 saturated carbocycles. The highest BCUT2D eigenvalue weighted by molar-refractivity contribution is 5.30. The highest BCUT2D eigenvalue weighted by Crippen LogP contribution is 2.45. The molecule has 0 aromatic carbocycles. The Morgan fingerprint density at radius 1 is 1.30 bits per heavy atom. The van der Waals surface area contributed by atoms with Crippen LogP contribution in [0, 0.1) is 11.8 Å². The van der Waals surface area contributed by atoms with Gasteiger partial charge in [-0.05, 0) is 81.5 Å². The molecule has 3 atom stereocenters. The number of aliphatic hydroxyl groups is 2. The Labute approximate surface area is 122 Å². The van der Waals surface area contributed by atoms with E-state index in [-0.39, 0.29) is 11.5 Å². The van der Waals surface area contributed by atoms with Crippen molar-refractivity contribution < 1.29 is 10.2 Å². The Morgan fingerprint density at radius 3 is 2.95 bits per heavy atom. The lowest BCUT2D eigenvalue weighted by molar-refractivity contribution is 0.0565. The number of fused-ring (bicyclic) bond motifs is 2. The molecule has 1 unspecified atom stereocenters. The predicted octanol–water partition coefficient (Wildman–Crippen LogP) is 3.93. The molecule has 3 rings (SSSR count). The molecule has 0 spiro atoms. The van der Waals surface area contributed by atoms with E-state index in [0.29, 0.717) is 17.9 Å². The van der Waals surface area contributed by atoms with Gasteiger partial charge in [0.15, 0.2) is 11.5 Å². The third-order valence-corrected chi connectivity index (χ3v) is 5.44. The second kappa shape index (κ2) is 5.80. The first-order chi connectivity index (χ1) is 9.70. The van der Waals surface area contributed by atoms with Crippen molar-refractivity contribution >= 4 is 0 Å². The van der Waals surface area contributed by atoms with Crippen LogP contribution in [-0.4, -0.2) is 34.2 Å². The van der Waals surface area contributed by atoms with Crippen LogP contribution in [0.15, 0.2) is 23.2 Å². The van der Waals surface area contributed by atoms with Gasteiger partial charge < -0.3 is 15.1 Å². The monoisotopic (exact) mass is 277 g/mol. The Kier molecular flexibility index (Phi) is 4.06. The van der Waals surface area contributed by atoms with Crippen molar-refractivity contribution in [1.82, 2.24) is 4.90 Å². The number of hydrogen-bond acceptors (Lipinski definition) is 3. The third kappa shape index (κ3) is 2.48. The van der Waals surface area contributed by atoms with E-state index in [1.54, 1.807) is 6.08 Å². The number of likely N-dealkylation sites (tertiary alicyclic amines) is 1. The largest absolute Gasteiger partial charge is 0.504 e. The lowest BCUT2D eigenvalue weighted by atomic mass is 9.70. The molecule has 3 nitrogen and oxygen atoms in total. The third-order valence-electron chi connectivity index (χ3n) is 5.44. The fourth-order valence-corrected chi connectivity index (χ4v) is 4.50. The van der Waals surface area contributed by atoms with Crippen LogP contribution in [0.4, 0.5) is 0 Å². The average molecular weight is 277 g/mol. The molecule has 1 aliphatic heterocycles. The van der Waals surface area contributed by atoms with E-state index >= 15 is 0 Å². The van der Waals surface area contributed by atoms with Crippen molar-refractivity contribution in [3.63, 3.8) is 0 Å². The Balaban J connectivity index is 1.83. The van der Waals surface area contributed by atoms with Gasteiger partial charge in [0.2, 0.25) is 0 Å². The fourth-order valence-electron chi connectivity index (χ4n) is 4.50. The van der Waals surface area contributed by atoms with Crippen LogP contribution in [0.3, 0.4) is 0 Å². The van der Waals surface area contributed by atoms with Gasteiger partial charge in [0, 0.05) is 6.04 Å². The number of nitrogens with zero attached hydrogens (tertiary/aromatic N) is 1. The zero-order valence-electron chi connectivity index (χ0n) is 12.5. The lowest BCUT2D eigenvalue weighted by Crippen LogP contribution is -2.49. The molecule has 0 aromatic rings. The number of rotatable bonds is 2. The van der Waals surface area contributed by atoms with E-state index in [1.807, 2.05) is 0 Å². The van der Waals surface area contributed by atoms with Crippen LogP contribution in [0.1, 0.15) is 51.9 Å². The first-order valence-electron chi connectivity index (χ1n) is 8.26. The van der Waals surface area contributed by atoms with Crippen LogP contribution in [0.2, 0.25) is 0 Å². The van der Waals surface area contributed by atoms with Crippen LogP contribution in [0.5, 0.6) is 0 Å². The van der Waals surface area contributed by atoms with Gasteiger partial charge >= 0.3 is 0 Å². The van der Waals surface area contributed by atoms with Crippen molar-refractivity contribution in [3.05, 3.63) is 23.2 Å². The number of allylic oxidation sites excluding steroid dienone is 2. The number of aliphatic hydroxyl groups excluding tert-OH is 2. The van der Waals surface area contributed by atoms with Crippen molar-refractivity contribution in [1.29, 1.82) is 0 Å². The summed E-state index contributed by atoms with van der Waals surface area (Å²) in [5.74, 6) is 1.45. The highest BCUT2D eigenvalue weighted by atomic mass is 16.3. The maximum atomic E-state index is 10.3. The maximum absolute atomic E-state index is 10.3.